The Morgan fingerprint density at radius 2 is 2.12 bits per heavy atom. The molecule has 0 bridgehead atoms. The lowest BCUT2D eigenvalue weighted by molar-refractivity contribution is 0.0697. The molecule has 1 aromatic rings. The van der Waals surface area contributed by atoms with Crippen LogP contribution < -0.4 is 4.90 Å². The second-order valence-corrected chi connectivity index (χ2v) is 4.35. The maximum Gasteiger partial charge on any atom is 0.337 e. The summed E-state index contributed by atoms with van der Waals surface area (Å²) in [5.41, 5.74) is 1.03. The highest BCUT2D eigenvalue weighted by Crippen LogP contribution is 2.27. The minimum Gasteiger partial charge on any atom is -0.478 e. The number of carboxylic acids is 1. The minimum absolute atomic E-state index is 0.0456. The molecule has 4 heteroatoms. The Hall–Kier alpha value is -1.55. The van der Waals surface area contributed by atoms with Gasteiger partial charge in [0.05, 0.1) is 23.9 Å². The molecular formula is C13H17NO3. The molecule has 17 heavy (non-hydrogen) atoms. The second-order valence-electron chi connectivity index (χ2n) is 4.35. The van der Waals surface area contributed by atoms with E-state index in [2.05, 4.69) is 0 Å². The number of carboxylic acid groups (broad SMARTS) is 1. The Morgan fingerprint density at radius 3 is 2.82 bits per heavy atom. The predicted octanol–water partition coefficient (Wildman–Crippen LogP) is 1.74. The maximum atomic E-state index is 11.2. The largest absolute Gasteiger partial charge is 0.478 e. The Balaban J connectivity index is 2.34. The van der Waals surface area contributed by atoms with E-state index >= 15 is 0 Å². The van der Waals surface area contributed by atoms with Crippen molar-refractivity contribution in [3.8, 4) is 0 Å². The van der Waals surface area contributed by atoms with Crippen molar-refractivity contribution >= 4 is 11.7 Å². The number of aliphatic hydroxyl groups excluding tert-OH is 1. The van der Waals surface area contributed by atoms with Crippen molar-refractivity contribution in [3.05, 3.63) is 29.8 Å². The van der Waals surface area contributed by atoms with Crippen molar-refractivity contribution in [2.75, 3.05) is 18.1 Å². The number of nitrogens with zero attached hydrogens (tertiary/aromatic N) is 1. The molecule has 0 saturated carbocycles. The third kappa shape index (κ3) is 2.42. The molecule has 92 valence electrons. The molecule has 0 aliphatic carbocycles. The van der Waals surface area contributed by atoms with Crippen LogP contribution in [0.4, 0.5) is 5.69 Å². The summed E-state index contributed by atoms with van der Waals surface area (Å²) < 4.78 is 0. The average Bonchev–Trinajstić information content (AvgIpc) is 2.38. The summed E-state index contributed by atoms with van der Waals surface area (Å²) in [4.78, 5) is 13.2. The van der Waals surface area contributed by atoms with E-state index in [4.69, 9.17) is 5.11 Å². The summed E-state index contributed by atoms with van der Waals surface area (Å²) >= 11 is 0. The summed E-state index contributed by atoms with van der Waals surface area (Å²) in [7, 11) is 0. The van der Waals surface area contributed by atoms with Crippen LogP contribution in [0.2, 0.25) is 0 Å². The van der Waals surface area contributed by atoms with Gasteiger partial charge in [-0.2, -0.15) is 0 Å². The first-order chi connectivity index (χ1) is 8.24. The predicted molar refractivity (Wildman–Crippen MR) is 65.5 cm³/mol. The molecule has 0 amide bonds. The van der Waals surface area contributed by atoms with E-state index in [-0.39, 0.29) is 12.6 Å². The number of hydrogen-bond donors (Lipinski definition) is 2. The van der Waals surface area contributed by atoms with Gasteiger partial charge in [0, 0.05) is 6.54 Å². The Morgan fingerprint density at radius 1 is 1.35 bits per heavy atom. The molecule has 1 atom stereocenters. The fraction of sp³-hybridized carbons (Fsp3) is 0.462. The van der Waals surface area contributed by atoms with E-state index in [1.54, 1.807) is 12.1 Å². The number of aliphatic hydroxyl groups is 1. The van der Waals surface area contributed by atoms with Gasteiger partial charge < -0.3 is 15.1 Å². The summed E-state index contributed by atoms with van der Waals surface area (Å²) in [6, 6.07) is 7.04. The number of aromatic carboxylic acids is 1. The van der Waals surface area contributed by atoms with E-state index in [0.29, 0.717) is 5.56 Å². The lowest BCUT2D eigenvalue weighted by Crippen LogP contribution is -2.42. The third-order valence-electron chi connectivity index (χ3n) is 3.28. The number of carbonyl (C=O) groups is 1. The van der Waals surface area contributed by atoms with E-state index in [1.807, 2.05) is 17.0 Å². The van der Waals surface area contributed by atoms with Gasteiger partial charge in [0.25, 0.3) is 0 Å². The van der Waals surface area contributed by atoms with Crippen molar-refractivity contribution in [1.29, 1.82) is 0 Å². The summed E-state index contributed by atoms with van der Waals surface area (Å²) in [5.74, 6) is -0.914. The van der Waals surface area contributed by atoms with Gasteiger partial charge >= 0.3 is 5.97 Å². The zero-order valence-electron chi connectivity index (χ0n) is 9.67. The summed E-state index contributed by atoms with van der Waals surface area (Å²) in [6.45, 7) is 0.892. The topological polar surface area (TPSA) is 60.8 Å². The van der Waals surface area contributed by atoms with Gasteiger partial charge in [-0.15, -0.1) is 0 Å². The normalized spacial score (nSPS) is 20.3. The second kappa shape index (κ2) is 5.19. The lowest BCUT2D eigenvalue weighted by Gasteiger charge is -2.37. The van der Waals surface area contributed by atoms with Crippen LogP contribution in [0.15, 0.2) is 24.3 Å². The third-order valence-corrected chi connectivity index (χ3v) is 3.28. The SMILES string of the molecule is O=C(O)c1ccccc1N1CCCC[C@@H]1CO. The number of benzene rings is 1. The van der Waals surface area contributed by atoms with Crippen LogP contribution in [0.5, 0.6) is 0 Å². The van der Waals surface area contributed by atoms with Crippen LogP contribution in [-0.2, 0) is 0 Å². The van der Waals surface area contributed by atoms with Gasteiger partial charge in [0.15, 0.2) is 0 Å². The summed E-state index contributed by atoms with van der Waals surface area (Å²) in [6.07, 6.45) is 3.06. The fourth-order valence-corrected chi connectivity index (χ4v) is 2.41. The Labute approximate surface area is 100 Å². The van der Waals surface area contributed by atoms with Gasteiger partial charge in [0.1, 0.15) is 0 Å². The molecule has 4 nitrogen and oxygen atoms in total. The first kappa shape index (κ1) is 11.9. The molecule has 0 radical (unpaired) electrons. The molecule has 1 aliphatic heterocycles. The van der Waals surface area contributed by atoms with E-state index in [0.717, 1.165) is 31.5 Å². The van der Waals surface area contributed by atoms with Crippen LogP contribution in [0.1, 0.15) is 29.6 Å². The van der Waals surface area contributed by atoms with Crippen molar-refractivity contribution in [1.82, 2.24) is 0 Å². The van der Waals surface area contributed by atoms with Gasteiger partial charge in [-0.05, 0) is 31.4 Å². The maximum absolute atomic E-state index is 11.2. The van der Waals surface area contributed by atoms with Gasteiger partial charge in [0.2, 0.25) is 0 Å². The molecular weight excluding hydrogens is 218 g/mol. The molecule has 1 heterocycles. The van der Waals surface area contributed by atoms with Crippen LogP contribution >= 0.6 is 0 Å². The zero-order valence-corrected chi connectivity index (χ0v) is 9.67. The fourth-order valence-electron chi connectivity index (χ4n) is 2.41. The molecule has 1 aromatic carbocycles. The molecule has 2 N–H and O–H groups in total. The smallest absolute Gasteiger partial charge is 0.337 e. The van der Waals surface area contributed by atoms with Crippen molar-refractivity contribution in [3.63, 3.8) is 0 Å². The molecule has 1 aliphatic rings. The number of piperidine rings is 1. The van der Waals surface area contributed by atoms with E-state index in [1.165, 1.54) is 0 Å². The van der Waals surface area contributed by atoms with Gasteiger partial charge in [-0.1, -0.05) is 12.1 Å². The zero-order chi connectivity index (χ0) is 12.3. The van der Waals surface area contributed by atoms with Gasteiger partial charge in [-0.3, -0.25) is 0 Å². The molecule has 0 unspecified atom stereocenters. The monoisotopic (exact) mass is 235 g/mol. The average molecular weight is 235 g/mol. The van der Waals surface area contributed by atoms with Crippen LogP contribution in [0.3, 0.4) is 0 Å². The van der Waals surface area contributed by atoms with Crippen LogP contribution in [0, 0.1) is 0 Å². The first-order valence-electron chi connectivity index (χ1n) is 5.94. The summed E-state index contributed by atoms with van der Waals surface area (Å²) in [5, 5.41) is 18.5. The first-order valence-corrected chi connectivity index (χ1v) is 5.94. The standard InChI is InChI=1S/C13H17NO3/c15-9-10-5-3-4-8-14(10)12-7-2-1-6-11(12)13(16)17/h1-2,6-7,10,15H,3-5,8-9H2,(H,16,17)/t10-/m1/s1. The lowest BCUT2D eigenvalue weighted by atomic mass is 10.0. The minimum atomic E-state index is -0.914. The van der Waals surface area contributed by atoms with Crippen molar-refractivity contribution in [2.45, 2.75) is 25.3 Å². The Kier molecular flexibility index (Phi) is 3.64. The van der Waals surface area contributed by atoms with E-state index < -0.39 is 5.97 Å². The van der Waals surface area contributed by atoms with E-state index in [9.17, 15) is 9.90 Å². The molecule has 1 fully saturated rings. The quantitative estimate of drug-likeness (QED) is 0.837. The molecule has 0 spiro atoms. The van der Waals surface area contributed by atoms with Crippen molar-refractivity contribution in [2.24, 2.45) is 0 Å². The highest BCUT2D eigenvalue weighted by atomic mass is 16.4. The molecule has 1 saturated heterocycles. The number of para-hydroxylation sites is 1. The number of hydrogen-bond acceptors (Lipinski definition) is 3. The molecule has 2 rings (SSSR count). The highest BCUT2D eigenvalue weighted by Gasteiger charge is 2.24. The molecule has 0 aromatic heterocycles. The van der Waals surface area contributed by atoms with Crippen LogP contribution in [-0.4, -0.2) is 35.4 Å². The number of rotatable bonds is 3. The van der Waals surface area contributed by atoms with Gasteiger partial charge in [-0.25, -0.2) is 4.79 Å². The van der Waals surface area contributed by atoms with Crippen molar-refractivity contribution < 1.29 is 15.0 Å². The Bertz CT molecular complexity index is 405. The number of anilines is 1. The highest BCUT2D eigenvalue weighted by molar-refractivity contribution is 5.94. The van der Waals surface area contributed by atoms with Crippen LogP contribution in [0.25, 0.3) is 0 Å².